The molecular weight excluding hydrogens is 380 g/mol. The summed E-state index contributed by atoms with van der Waals surface area (Å²) in [5.41, 5.74) is 8.37. The van der Waals surface area contributed by atoms with Crippen molar-refractivity contribution in [2.24, 2.45) is 5.92 Å². The van der Waals surface area contributed by atoms with Crippen molar-refractivity contribution in [2.45, 2.75) is 19.2 Å². The molecule has 0 aromatic heterocycles. The molecule has 9 heteroatoms. The number of rotatable bonds is 6. The van der Waals surface area contributed by atoms with Gasteiger partial charge in [0.05, 0.1) is 13.0 Å². The molecule has 2 aromatic carbocycles. The zero-order chi connectivity index (χ0) is 20.3. The monoisotopic (exact) mass is 404 g/mol. The summed E-state index contributed by atoms with van der Waals surface area (Å²) in [6, 6.07) is 12.3. The van der Waals surface area contributed by atoms with Crippen LogP contribution in [0.4, 0.5) is 11.4 Å². The maximum absolute atomic E-state index is 12.9. The summed E-state index contributed by atoms with van der Waals surface area (Å²) in [5, 5.41) is 1.64. The molecule has 1 aliphatic heterocycles. The first kappa shape index (κ1) is 20.1. The predicted octanol–water partition coefficient (Wildman–Crippen LogP) is 1.74. The third-order valence-corrected chi connectivity index (χ3v) is 6.06. The highest BCUT2D eigenvalue weighted by Gasteiger charge is 2.42. The fourth-order valence-electron chi connectivity index (χ4n) is 3.20. The molecule has 0 spiro atoms. The number of aryl methyl sites for hydroxylation is 2. The average molecular weight is 404 g/mol. The minimum absolute atomic E-state index is 0.189. The summed E-state index contributed by atoms with van der Waals surface area (Å²) in [7, 11) is -2.32. The van der Waals surface area contributed by atoms with Crippen molar-refractivity contribution in [3.63, 3.8) is 0 Å². The van der Waals surface area contributed by atoms with Gasteiger partial charge in [0.2, 0.25) is 5.91 Å². The highest BCUT2D eigenvalue weighted by Crippen LogP contribution is 2.22. The van der Waals surface area contributed by atoms with Crippen molar-refractivity contribution >= 4 is 27.3 Å². The molecule has 8 nitrogen and oxygen atoms in total. The van der Waals surface area contributed by atoms with Gasteiger partial charge in [0.25, 0.3) is 10.0 Å². The van der Waals surface area contributed by atoms with Gasteiger partial charge >= 0.3 is 0 Å². The number of nitrogens with one attached hydrogen (secondary N) is 4. The second-order valence-corrected chi connectivity index (χ2v) is 8.60. The van der Waals surface area contributed by atoms with Crippen molar-refractivity contribution in [1.82, 2.24) is 10.9 Å². The van der Waals surface area contributed by atoms with Crippen molar-refractivity contribution in [2.75, 3.05) is 23.7 Å². The molecule has 1 aliphatic rings. The second kappa shape index (κ2) is 8.17. The van der Waals surface area contributed by atoms with E-state index in [9.17, 15) is 13.2 Å². The van der Waals surface area contributed by atoms with Gasteiger partial charge in [-0.3, -0.25) is 14.9 Å². The van der Waals surface area contributed by atoms with Gasteiger partial charge in [0, 0.05) is 24.0 Å². The lowest BCUT2D eigenvalue weighted by atomic mass is 10.1. The third-order valence-electron chi connectivity index (χ3n) is 4.42. The first-order chi connectivity index (χ1) is 13.3. The van der Waals surface area contributed by atoms with E-state index in [0.717, 1.165) is 11.1 Å². The lowest BCUT2D eigenvalue weighted by Gasteiger charge is -2.20. The summed E-state index contributed by atoms with van der Waals surface area (Å²) in [6.07, 6.45) is 0. The maximum atomic E-state index is 12.9. The molecule has 2 aromatic rings. The zero-order valence-corrected chi connectivity index (χ0v) is 16.8. The number of anilines is 2. The molecule has 1 heterocycles. The molecule has 0 aliphatic carbocycles. The second-order valence-electron chi connectivity index (χ2n) is 6.80. The van der Waals surface area contributed by atoms with Gasteiger partial charge < -0.3 is 10.1 Å². The topological polar surface area (TPSA) is 109 Å². The van der Waals surface area contributed by atoms with Gasteiger partial charge in [-0.25, -0.2) is 13.8 Å². The van der Waals surface area contributed by atoms with Crippen LogP contribution in [-0.2, 0) is 14.8 Å². The van der Waals surface area contributed by atoms with Crippen LogP contribution in [0.5, 0.6) is 5.75 Å². The molecule has 1 fully saturated rings. The molecule has 2 atom stereocenters. The number of benzene rings is 2. The Morgan fingerprint density at radius 1 is 1.11 bits per heavy atom. The SMILES string of the molecule is COc1cccc(NC(=O)C2CNNC2S(=O)(=O)Nc2cc(C)cc(C)c2)c1. The first-order valence-electron chi connectivity index (χ1n) is 8.82. The van der Waals surface area contributed by atoms with Crippen LogP contribution < -0.4 is 25.6 Å². The Morgan fingerprint density at radius 3 is 2.50 bits per heavy atom. The van der Waals surface area contributed by atoms with E-state index in [0.29, 0.717) is 17.1 Å². The van der Waals surface area contributed by atoms with E-state index in [1.54, 1.807) is 36.4 Å². The molecule has 2 unspecified atom stereocenters. The molecule has 0 saturated carbocycles. The smallest absolute Gasteiger partial charge is 0.250 e. The van der Waals surface area contributed by atoms with E-state index in [-0.39, 0.29) is 6.54 Å². The summed E-state index contributed by atoms with van der Waals surface area (Å²) in [6.45, 7) is 3.98. The minimum Gasteiger partial charge on any atom is -0.497 e. The van der Waals surface area contributed by atoms with Crippen molar-refractivity contribution in [3.05, 3.63) is 53.6 Å². The van der Waals surface area contributed by atoms with Crippen LogP contribution in [0.3, 0.4) is 0 Å². The minimum atomic E-state index is -3.86. The zero-order valence-electron chi connectivity index (χ0n) is 15.9. The summed E-state index contributed by atoms with van der Waals surface area (Å²) < 4.78 is 33.5. The van der Waals surface area contributed by atoms with Gasteiger partial charge in [-0.1, -0.05) is 12.1 Å². The molecule has 1 amide bonds. The first-order valence-corrected chi connectivity index (χ1v) is 10.4. The number of carbonyl (C=O) groups excluding carboxylic acids is 1. The van der Waals surface area contributed by atoms with E-state index < -0.39 is 27.2 Å². The lowest BCUT2D eigenvalue weighted by Crippen LogP contribution is -2.45. The summed E-state index contributed by atoms with van der Waals surface area (Å²) in [4.78, 5) is 12.7. The molecule has 28 heavy (non-hydrogen) atoms. The van der Waals surface area contributed by atoms with Gasteiger partial charge in [-0.15, -0.1) is 0 Å². The highest BCUT2D eigenvalue weighted by atomic mass is 32.2. The van der Waals surface area contributed by atoms with Gasteiger partial charge in [-0.2, -0.15) is 0 Å². The van der Waals surface area contributed by atoms with Crippen LogP contribution in [0.25, 0.3) is 0 Å². The Hall–Kier alpha value is -2.62. The van der Waals surface area contributed by atoms with Crippen LogP contribution in [0.2, 0.25) is 0 Å². The normalized spacial score (nSPS) is 19.2. The predicted molar refractivity (Wildman–Crippen MR) is 108 cm³/mol. The van der Waals surface area contributed by atoms with Crippen LogP contribution >= 0.6 is 0 Å². The Kier molecular flexibility index (Phi) is 5.87. The number of ether oxygens (including phenoxy) is 1. The molecule has 0 radical (unpaired) electrons. The number of methoxy groups -OCH3 is 1. The third kappa shape index (κ3) is 4.61. The van der Waals surface area contributed by atoms with E-state index in [4.69, 9.17) is 4.74 Å². The molecule has 1 saturated heterocycles. The molecule has 3 rings (SSSR count). The Labute approximate surface area is 164 Å². The standard InChI is InChI=1S/C19H24N4O4S/c1-12-7-13(2)9-15(8-12)23-28(25,26)19-17(11-20-22-19)18(24)21-14-5-4-6-16(10-14)27-3/h4-10,17,19-20,22-23H,11H2,1-3H3,(H,21,24). The number of hydrogen-bond acceptors (Lipinski definition) is 6. The Balaban J connectivity index is 1.76. The molecular formula is C19H24N4O4S. The molecule has 4 N–H and O–H groups in total. The fraction of sp³-hybridized carbons (Fsp3) is 0.316. The van der Waals surface area contributed by atoms with Crippen LogP contribution in [0, 0.1) is 19.8 Å². The van der Waals surface area contributed by atoms with Crippen LogP contribution in [0.1, 0.15) is 11.1 Å². The van der Waals surface area contributed by atoms with Gasteiger partial charge in [-0.05, 0) is 49.2 Å². The molecule has 0 bridgehead atoms. The van der Waals surface area contributed by atoms with Crippen molar-refractivity contribution in [1.29, 1.82) is 0 Å². The molecule has 150 valence electrons. The lowest BCUT2D eigenvalue weighted by molar-refractivity contribution is -0.119. The quantitative estimate of drug-likeness (QED) is 0.584. The van der Waals surface area contributed by atoms with Crippen LogP contribution in [0.15, 0.2) is 42.5 Å². The van der Waals surface area contributed by atoms with E-state index in [2.05, 4.69) is 20.9 Å². The highest BCUT2D eigenvalue weighted by molar-refractivity contribution is 7.93. The summed E-state index contributed by atoms with van der Waals surface area (Å²) >= 11 is 0. The number of sulfonamides is 1. The van der Waals surface area contributed by atoms with E-state index in [1.165, 1.54) is 7.11 Å². The van der Waals surface area contributed by atoms with Crippen molar-refractivity contribution in [3.8, 4) is 5.75 Å². The van der Waals surface area contributed by atoms with Crippen molar-refractivity contribution < 1.29 is 17.9 Å². The number of amides is 1. The average Bonchev–Trinajstić information content (AvgIpc) is 3.11. The largest absolute Gasteiger partial charge is 0.497 e. The number of hydrogen-bond donors (Lipinski definition) is 4. The van der Waals surface area contributed by atoms with E-state index in [1.807, 2.05) is 19.9 Å². The number of hydrazine groups is 1. The van der Waals surface area contributed by atoms with E-state index >= 15 is 0 Å². The summed E-state index contributed by atoms with van der Waals surface area (Å²) in [5.74, 6) is -0.614. The van der Waals surface area contributed by atoms with Crippen LogP contribution in [-0.4, -0.2) is 33.4 Å². The Bertz CT molecular complexity index is 957. The fourth-order valence-corrected chi connectivity index (χ4v) is 4.66. The van der Waals surface area contributed by atoms with Gasteiger partial charge in [0.15, 0.2) is 5.37 Å². The maximum Gasteiger partial charge on any atom is 0.250 e. The Morgan fingerprint density at radius 2 is 1.82 bits per heavy atom. The number of carbonyl (C=O) groups is 1. The van der Waals surface area contributed by atoms with Gasteiger partial charge in [0.1, 0.15) is 5.75 Å².